The Labute approximate surface area is 80.2 Å². The molecule has 2 aromatic heterocycles. The zero-order chi connectivity index (χ0) is 10.1. The summed E-state index contributed by atoms with van der Waals surface area (Å²) in [6, 6.07) is 1.66. The molecule has 0 saturated heterocycles. The van der Waals surface area contributed by atoms with Gasteiger partial charge in [-0.25, -0.2) is 0 Å². The Morgan fingerprint density at radius 2 is 2.36 bits per heavy atom. The van der Waals surface area contributed by atoms with Gasteiger partial charge in [-0.05, 0) is 5.16 Å². The molecule has 0 unspecified atom stereocenters. The van der Waals surface area contributed by atoms with Gasteiger partial charge in [0.15, 0.2) is 5.76 Å². The van der Waals surface area contributed by atoms with Gasteiger partial charge in [0, 0.05) is 7.05 Å². The SMILES string of the molecule is COc1cc(-c2c(N)cnn2C)on1. The van der Waals surface area contributed by atoms with Crippen molar-refractivity contribution in [2.75, 3.05) is 12.8 Å². The Balaban J connectivity index is 2.48. The maximum Gasteiger partial charge on any atom is 0.254 e. The number of methoxy groups -OCH3 is 1. The van der Waals surface area contributed by atoms with Gasteiger partial charge in [-0.15, -0.1) is 0 Å². The van der Waals surface area contributed by atoms with E-state index in [0.717, 1.165) is 0 Å². The van der Waals surface area contributed by atoms with Crippen LogP contribution in [-0.4, -0.2) is 22.0 Å². The predicted octanol–water partition coefficient (Wildman–Crippen LogP) is 0.666. The van der Waals surface area contributed by atoms with Gasteiger partial charge >= 0.3 is 0 Å². The van der Waals surface area contributed by atoms with Gasteiger partial charge < -0.3 is 15.0 Å². The second-order valence-corrected chi connectivity index (χ2v) is 2.81. The van der Waals surface area contributed by atoms with Crippen LogP contribution in [0, 0.1) is 0 Å². The molecule has 0 spiro atoms. The highest BCUT2D eigenvalue weighted by Crippen LogP contribution is 2.27. The first-order valence-electron chi connectivity index (χ1n) is 4.01. The summed E-state index contributed by atoms with van der Waals surface area (Å²) in [6.45, 7) is 0. The van der Waals surface area contributed by atoms with Crippen molar-refractivity contribution in [3.8, 4) is 17.3 Å². The summed E-state index contributed by atoms with van der Waals surface area (Å²) in [7, 11) is 3.30. The number of aryl methyl sites for hydroxylation is 1. The molecule has 2 N–H and O–H groups in total. The number of hydrogen-bond acceptors (Lipinski definition) is 5. The van der Waals surface area contributed by atoms with Gasteiger partial charge in [0.05, 0.1) is 25.1 Å². The molecule has 6 heteroatoms. The summed E-state index contributed by atoms with van der Waals surface area (Å²) in [5.41, 5.74) is 6.95. The van der Waals surface area contributed by atoms with Crippen LogP contribution in [0.5, 0.6) is 5.88 Å². The quantitative estimate of drug-likeness (QED) is 0.759. The van der Waals surface area contributed by atoms with Crippen LogP contribution in [0.25, 0.3) is 11.5 Å². The molecule has 2 aromatic rings. The second-order valence-electron chi connectivity index (χ2n) is 2.81. The molecule has 2 rings (SSSR count). The molecule has 74 valence electrons. The maximum atomic E-state index is 5.71. The third-order valence-electron chi connectivity index (χ3n) is 1.90. The average molecular weight is 194 g/mol. The fraction of sp³-hybridized carbons (Fsp3) is 0.250. The highest BCUT2D eigenvalue weighted by atomic mass is 16.5. The lowest BCUT2D eigenvalue weighted by Crippen LogP contribution is -1.94. The van der Waals surface area contributed by atoms with Crippen molar-refractivity contribution in [3.05, 3.63) is 12.3 Å². The fourth-order valence-electron chi connectivity index (χ4n) is 1.22. The number of nitrogen functional groups attached to an aromatic ring is 1. The average Bonchev–Trinajstić information content (AvgIpc) is 2.73. The van der Waals surface area contributed by atoms with Gasteiger partial charge in [0.25, 0.3) is 5.88 Å². The van der Waals surface area contributed by atoms with Crippen molar-refractivity contribution < 1.29 is 9.26 Å². The van der Waals surface area contributed by atoms with E-state index in [1.54, 1.807) is 24.0 Å². The summed E-state index contributed by atoms with van der Waals surface area (Å²) in [5.74, 6) is 0.958. The van der Waals surface area contributed by atoms with E-state index in [4.69, 9.17) is 15.0 Å². The summed E-state index contributed by atoms with van der Waals surface area (Å²) in [5, 5.41) is 7.67. The van der Waals surface area contributed by atoms with Crippen LogP contribution in [0.1, 0.15) is 0 Å². The molecular formula is C8H10N4O2. The summed E-state index contributed by atoms with van der Waals surface area (Å²) in [6.07, 6.45) is 1.56. The van der Waals surface area contributed by atoms with E-state index in [2.05, 4.69) is 10.3 Å². The van der Waals surface area contributed by atoms with Gasteiger partial charge in [-0.3, -0.25) is 4.68 Å². The molecule has 6 nitrogen and oxygen atoms in total. The van der Waals surface area contributed by atoms with Gasteiger partial charge in [-0.2, -0.15) is 5.10 Å². The van der Waals surface area contributed by atoms with Crippen LogP contribution in [0.15, 0.2) is 16.8 Å². The normalized spacial score (nSPS) is 10.4. The smallest absolute Gasteiger partial charge is 0.254 e. The molecule has 14 heavy (non-hydrogen) atoms. The summed E-state index contributed by atoms with van der Waals surface area (Å²) in [4.78, 5) is 0. The number of nitrogens with zero attached hydrogens (tertiary/aromatic N) is 3. The van der Waals surface area contributed by atoms with Crippen molar-refractivity contribution in [1.29, 1.82) is 0 Å². The molecule has 0 radical (unpaired) electrons. The topological polar surface area (TPSA) is 79.1 Å². The Morgan fingerprint density at radius 3 is 2.86 bits per heavy atom. The molecule has 0 atom stereocenters. The molecule has 2 heterocycles. The number of anilines is 1. The molecule has 0 aliphatic rings. The van der Waals surface area contributed by atoms with Crippen LogP contribution in [0.3, 0.4) is 0 Å². The minimum absolute atomic E-state index is 0.417. The number of aromatic nitrogens is 3. The van der Waals surface area contributed by atoms with Gasteiger partial charge in [-0.1, -0.05) is 0 Å². The number of ether oxygens (including phenoxy) is 1. The number of rotatable bonds is 2. The molecule has 0 aliphatic heterocycles. The molecule has 0 bridgehead atoms. The van der Waals surface area contributed by atoms with Crippen LogP contribution in [-0.2, 0) is 7.05 Å². The Morgan fingerprint density at radius 1 is 1.57 bits per heavy atom. The Kier molecular flexibility index (Phi) is 1.88. The number of hydrogen-bond donors (Lipinski definition) is 1. The third kappa shape index (κ3) is 1.20. The Hall–Kier alpha value is -1.98. The van der Waals surface area contributed by atoms with Crippen LogP contribution >= 0.6 is 0 Å². The van der Waals surface area contributed by atoms with Crippen LogP contribution < -0.4 is 10.5 Å². The summed E-state index contributed by atoms with van der Waals surface area (Å²) >= 11 is 0. The molecule has 0 aromatic carbocycles. The molecular weight excluding hydrogens is 184 g/mol. The lowest BCUT2D eigenvalue weighted by atomic mass is 10.3. The zero-order valence-corrected chi connectivity index (χ0v) is 7.89. The van der Waals surface area contributed by atoms with Gasteiger partial charge in [0.2, 0.25) is 0 Å². The van der Waals surface area contributed by atoms with E-state index in [1.165, 1.54) is 7.11 Å². The number of nitrogens with two attached hydrogens (primary N) is 1. The van der Waals surface area contributed by atoms with E-state index in [9.17, 15) is 0 Å². The molecule has 0 aliphatic carbocycles. The largest absolute Gasteiger partial charge is 0.479 e. The predicted molar refractivity (Wildman–Crippen MR) is 49.7 cm³/mol. The van der Waals surface area contributed by atoms with Crippen LogP contribution in [0.2, 0.25) is 0 Å². The molecule has 0 saturated carbocycles. The maximum absolute atomic E-state index is 5.71. The van der Waals surface area contributed by atoms with E-state index >= 15 is 0 Å². The van der Waals surface area contributed by atoms with Crippen molar-refractivity contribution >= 4 is 5.69 Å². The van der Waals surface area contributed by atoms with Crippen molar-refractivity contribution in [3.63, 3.8) is 0 Å². The van der Waals surface area contributed by atoms with Crippen molar-refractivity contribution in [2.45, 2.75) is 0 Å². The minimum atomic E-state index is 0.417. The first-order chi connectivity index (χ1) is 6.72. The monoisotopic (exact) mass is 194 g/mol. The van der Waals surface area contributed by atoms with E-state index in [0.29, 0.717) is 23.0 Å². The highest BCUT2D eigenvalue weighted by molar-refractivity contribution is 5.68. The molecule has 0 fully saturated rings. The zero-order valence-electron chi connectivity index (χ0n) is 7.89. The first-order valence-corrected chi connectivity index (χ1v) is 4.01. The van der Waals surface area contributed by atoms with Gasteiger partial charge in [0.1, 0.15) is 5.69 Å². The van der Waals surface area contributed by atoms with Crippen molar-refractivity contribution in [1.82, 2.24) is 14.9 Å². The van der Waals surface area contributed by atoms with Crippen molar-refractivity contribution in [2.24, 2.45) is 7.05 Å². The molecule has 0 amide bonds. The van der Waals surface area contributed by atoms with E-state index in [-0.39, 0.29) is 0 Å². The third-order valence-corrected chi connectivity index (χ3v) is 1.90. The Bertz CT molecular complexity index is 426. The highest BCUT2D eigenvalue weighted by Gasteiger charge is 2.14. The first kappa shape index (κ1) is 8.61. The van der Waals surface area contributed by atoms with Crippen LogP contribution in [0.4, 0.5) is 5.69 Å². The lowest BCUT2D eigenvalue weighted by molar-refractivity contribution is 0.342. The minimum Gasteiger partial charge on any atom is -0.479 e. The fourth-order valence-corrected chi connectivity index (χ4v) is 1.22. The second kappa shape index (κ2) is 3.06. The lowest BCUT2D eigenvalue weighted by Gasteiger charge is -1.96. The van der Waals surface area contributed by atoms with E-state index < -0.39 is 0 Å². The standard InChI is InChI=1S/C8H10N4O2/c1-12-8(5(9)4-10-12)6-3-7(13-2)11-14-6/h3-4H,9H2,1-2H3. The summed E-state index contributed by atoms with van der Waals surface area (Å²) < 4.78 is 11.6. The van der Waals surface area contributed by atoms with E-state index in [1.807, 2.05) is 0 Å².